The minimum Gasteiger partial charge on any atom is -0.369 e. The van der Waals surface area contributed by atoms with E-state index in [1.54, 1.807) is 23.1 Å². The van der Waals surface area contributed by atoms with E-state index in [2.05, 4.69) is 38.8 Å². The van der Waals surface area contributed by atoms with Gasteiger partial charge in [-0.15, -0.1) is 0 Å². The molecule has 2 N–H and O–H groups in total. The van der Waals surface area contributed by atoms with Crippen LogP contribution in [0, 0.1) is 0 Å². The van der Waals surface area contributed by atoms with Crippen molar-refractivity contribution in [1.82, 2.24) is 24.7 Å². The second kappa shape index (κ2) is 4.96. The summed E-state index contributed by atoms with van der Waals surface area (Å²) in [5.74, 6) is 1.15. The molecule has 2 aromatic rings. The van der Waals surface area contributed by atoms with Crippen molar-refractivity contribution in [2.24, 2.45) is 0 Å². The van der Waals surface area contributed by atoms with Gasteiger partial charge in [0, 0.05) is 25.5 Å². The molecule has 3 rings (SSSR count). The van der Waals surface area contributed by atoms with Crippen LogP contribution in [0.5, 0.6) is 0 Å². The number of nitrogens with two attached hydrogens (primary N) is 1. The molecule has 0 bridgehead atoms. The van der Waals surface area contributed by atoms with E-state index in [0.29, 0.717) is 25.0 Å². The van der Waals surface area contributed by atoms with E-state index in [1.165, 1.54) is 0 Å². The molecule has 1 fully saturated rings. The van der Waals surface area contributed by atoms with E-state index < -0.39 is 0 Å². The zero-order valence-electron chi connectivity index (χ0n) is 12.4. The maximum Gasteiger partial charge on any atom is 0.257 e. The monoisotopic (exact) mass is 289 g/mol. The Morgan fingerprint density at radius 1 is 1.29 bits per heavy atom. The standard InChI is InChI=1S/C13H19N7O/c1-9-7-19(8-13(2,3)21-9)11-16-10(14)17-12(18-11)20-6-4-5-15-20/h4-6,9H,7-8H2,1-3H3,(H2,14,16,17,18). The van der Waals surface area contributed by atoms with Gasteiger partial charge in [0.1, 0.15) is 0 Å². The lowest BCUT2D eigenvalue weighted by Crippen LogP contribution is -2.52. The number of rotatable bonds is 2. The molecule has 1 unspecified atom stereocenters. The van der Waals surface area contributed by atoms with E-state index in [9.17, 15) is 0 Å². The predicted octanol–water partition coefficient (Wildman–Crippen LogP) is 0.643. The Balaban J connectivity index is 1.95. The number of hydrogen-bond acceptors (Lipinski definition) is 7. The van der Waals surface area contributed by atoms with Gasteiger partial charge in [0.25, 0.3) is 5.95 Å². The van der Waals surface area contributed by atoms with Gasteiger partial charge in [-0.05, 0) is 26.8 Å². The molecule has 0 radical (unpaired) electrons. The summed E-state index contributed by atoms with van der Waals surface area (Å²) >= 11 is 0. The van der Waals surface area contributed by atoms with Gasteiger partial charge < -0.3 is 15.4 Å². The number of anilines is 2. The zero-order valence-corrected chi connectivity index (χ0v) is 12.4. The third-order valence-corrected chi connectivity index (χ3v) is 3.19. The van der Waals surface area contributed by atoms with Crippen LogP contribution >= 0.6 is 0 Å². The minimum atomic E-state index is -0.259. The Kier molecular flexibility index (Phi) is 3.25. The lowest BCUT2D eigenvalue weighted by atomic mass is 10.1. The van der Waals surface area contributed by atoms with Crippen LogP contribution in [0.1, 0.15) is 20.8 Å². The number of nitrogen functional groups attached to an aromatic ring is 1. The highest BCUT2D eigenvalue weighted by Gasteiger charge is 2.33. The molecule has 0 aliphatic carbocycles. The first-order valence-corrected chi connectivity index (χ1v) is 6.87. The SMILES string of the molecule is CC1CN(c2nc(N)nc(-n3cccn3)n2)CC(C)(C)O1. The molecule has 1 atom stereocenters. The van der Waals surface area contributed by atoms with Gasteiger partial charge in [-0.1, -0.05) is 0 Å². The average Bonchev–Trinajstić information content (AvgIpc) is 2.89. The van der Waals surface area contributed by atoms with Crippen molar-refractivity contribution in [1.29, 1.82) is 0 Å². The summed E-state index contributed by atoms with van der Waals surface area (Å²) in [5, 5.41) is 4.12. The highest BCUT2D eigenvalue weighted by Crippen LogP contribution is 2.24. The van der Waals surface area contributed by atoms with E-state index in [4.69, 9.17) is 10.5 Å². The molecule has 8 nitrogen and oxygen atoms in total. The lowest BCUT2D eigenvalue weighted by molar-refractivity contribution is -0.0753. The summed E-state index contributed by atoms with van der Waals surface area (Å²) in [6.07, 6.45) is 3.53. The van der Waals surface area contributed by atoms with Crippen LogP contribution in [-0.4, -0.2) is 49.5 Å². The third-order valence-electron chi connectivity index (χ3n) is 3.19. The molecule has 1 aliphatic heterocycles. The van der Waals surface area contributed by atoms with Crippen molar-refractivity contribution in [3.63, 3.8) is 0 Å². The fourth-order valence-corrected chi connectivity index (χ4v) is 2.61. The summed E-state index contributed by atoms with van der Waals surface area (Å²) in [6.45, 7) is 7.54. The van der Waals surface area contributed by atoms with Crippen molar-refractivity contribution in [2.75, 3.05) is 23.7 Å². The summed E-state index contributed by atoms with van der Waals surface area (Å²) in [7, 11) is 0. The van der Waals surface area contributed by atoms with Gasteiger partial charge in [-0.3, -0.25) is 0 Å². The molecule has 0 amide bonds. The normalized spacial score (nSPS) is 21.5. The molecule has 0 aromatic carbocycles. The molecule has 2 aromatic heterocycles. The van der Waals surface area contributed by atoms with Crippen molar-refractivity contribution >= 4 is 11.9 Å². The quantitative estimate of drug-likeness (QED) is 0.867. The minimum absolute atomic E-state index is 0.0971. The summed E-state index contributed by atoms with van der Waals surface area (Å²) in [4.78, 5) is 14.9. The van der Waals surface area contributed by atoms with Gasteiger partial charge in [0.05, 0.1) is 11.7 Å². The van der Waals surface area contributed by atoms with Crippen LogP contribution in [0.25, 0.3) is 5.95 Å². The highest BCUT2D eigenvalue weighted by atomic mass is 16.5. The van der Waals surface area contributed by atoms with E-state index in [-0.39, 0.29) is 17.7 Å². The van der Waals surface area contributed by atoms with Gasteiger partial charge in [-0.25, -0.2) is 4.68 Å². The number of aromatic nitrogens is 5. The van der Waals surface area contributed by atoms with E-state index >= 15 is 0 Å². The molecule has 112 valence electrons. The Bertz CT molecular complexity index is 625. The fourth-order valence-electron chi connectivity index (χ4n) is 2.61. The molecule has 8 heteroatoms. The summed E-state index contributed by atoms with van der Waals surface area (Å²) in [5.41, 5.74) is 5.55. The molecule has 1 saturated heterocycles. The average molecular weight is 289 g/mol. The number of hydrogen-bond donors (Lipinski definition) is 1. The van der Waals surface area contributed by atoms with Gasteiger partial charge in [-0.2, -0.15) is 20.1 Å². The largest absolute Gasteiger partial charge is 0.369 e. The van der Waals surface area contributed by atoms with Crippen molar-refractivity contribution in [2.45, 2.75) is 32.5 Å². The number of nitrogens with zero attached hydrogens (tertiary/aromatic N) is 6. The molecule has 0 spiro atoms. The third kappa shape index (κ3) is 2.94. The molecule has 3 heterocycles. The van der Waals surface area contributed by atoms with Crippen LogP contribution in [0.3, 0.4) is 0 Å². The van der Waals surface area contributed by atoms with Crippen LogP contribution < -0.4 is 10.6 Å². The number of morpholine rings is 1. The first-order chi connectivity index (χ1) is 9.93. The van der Waals surface area contributed by atoms with Crippen LogP contribution in [0.2, 0.25) is 0 Å². The molecule has 1 aliphatic rings. The molecular weight excluding hydrogens is 270 g/mol. The Morgan fingerprint density at radius 2 is 2.05 bits per heavy atom. The van der Waals surface area contributed by atoms with Gasteiger partial charge in [0.2, 0.25) is 11.9 Å². The van der Waals surface area contributed by atoms with E-state index in [1.807, 2.05) is 6.92 Å². The zero-order chi connectivity index (χ0) is 15.0. The molecular formula is C13H19N7O. The number of ether oxygens (including phenoxy) is 1. The van der Waals surface area contributed by atoms with Crippen LogP contribution in [0.15, 0.2) is 18.5 Å². The van der Waals surface area contributed by atoms with Crippen molar-refractivity contribution in [3.8, 4) is 5.95 Å². The predicted molar refractivity (Wildman–Crippen MR) is 78.2 cm³/mol. The Morgan fingerprint density at radius 3 is 2.71 bits per heavy atom. The lowest BCUT2D eigenvalue weighted by Gasteiger charge is -2.41. The molecule has 0 saturated carbocycles. The first-order valence-electron chi connectivity index (χ1n) is 6.87. The Labute approximate surface area is 123 Å². The Hall–Kier alpha value is -2.22. The highest BCUT2D eigenvalue weighted by molar-refractivity contribution is 5.38. The van der Waals surface area contributed by atoms with Gasteiger partial charge >= 0.3 is 0 Å². The van der Waals surface area contributed by atoms with E-state index in [0.717, 1.165) is 0 Å². The topological polar surface area (TPSA) is 95.0 Å². The van der Waals surface area contributed by atoms with Gasteiger partial charge in [0.15, 0.2) is 0 Å². The maximum atomic E-state index is 5.90. The second-order valence-corrected chi connectivity index (χ2v) is 5.81. The summed E-state index contributed by atoms with van der Waals surface area (Å²) in [6, 6.07) is 1.81. The first kappa shape index (κ1) is 13.7. The van der Waals surface area contributed by atoms with Crippen molar-refractivity contribution < 1.29 is 4.74 Å². The van der Waals surface area contributed by atoms with Crippen LogP contribution in [0.4, 0.5) is 11.9 Å². The van der Waals surface area contributed by atoms with Crippen LogP contribution in [-0.2, 0) is 4.74 Å². The maximum absolute atomic E-state index is 5.90. The molecule has 21 heavy (non-hydrogen) atoms. The smallest absolute Gasteiger partial charge is 0.257 e. The second-order valence-electron chi connectivity index (χ2n) is 5.81. The summed E-state index contributed by atoms with van der Waals surface area (Å²) < 4.78 is 7.46. The fraction of sp³-hybridized carbons (Fsp3) is 0.538. The van der Waals surface area contributed by atoms with Crippen molar-refractivity contribution in [3.05, 3.63) is 18.5 Å².